The minimum Gasteiger partial charge on any atom is -0.423 e. The molecule has 0 atom stereocenters. The average Bonchev–Trinajstić information content (AvgIpc) is 2.87. The SMILES string of the molecule is C[Si]1(C)CCCN1Cc1cccc(C(=O)Oc2ccccc2)c1. The molecular weight excluding hydrogens is 302 g/mol. The van der Waals surface area contributed by atoms with Gasteiger partial charge in [-0.05, 0) is 48.8 Å². The number of esters is 1. The predicted molar refractivity (Wildman–Crippen MR) is 95.2 cm³/mol. The molecule has 2 aromatic rings. The summed E-state index contributed by atoms with van der Waals surface area (Å²) in [5.41, 5.74) is 1.81. The Bertz CT molecular complexity index is 685. The van der Waals surface area contributed by atoms with Gasteiger partial charge in [0.05, 0.1) is 5.56 Å². The van der Waals surface area contributed by atoms with E-state index in [1.54, 1.807) is 12.1 Å². The molecular formula is C19H23NO2Si. The van der Waals surface area contributed by atoms with Crippen molar-refractivity contribution in [2.45, 2.75) is 32.1 Å². The van der Waals surface area contributed by atoms with E-state index in [0.29, 0.717) is 11.3 Å². The van der Waals surface area contributed by atoms with Crippen molar-refractivity contribution in [1.82, 2.24) is 4.57 Å². The molecule has 1 aliphatic heterocycles. The number of rotatable bonds is 4. The molecule has 0 amide bonds. The third-order valence-corrected chi connectivity index (χ3v) is 8.23. The van der Waals surface area contributed by atoms with Crippen molar-refractivity contribution in [3.05, 3.63) is 65.7 Å². The lowest BCUT2D eigenvalue weighted by molar-refractivity contribution is 0.0734. The fourth-order valence-corrected chi connectivity index (χ4v) is 5.84. The van der Waals surface area contributed by atoms with Crippen molar-refractivity contribution in [2.24, 2.45) is 0 Å². The number of nitrogens with zero attached hydrogens (tertiary/aromatic N) is 1. The van der Waals surface area contributed by atoms with Gasteiger partial charge in [0, 0.05) is 6.54 Å². The van der Waals surface area contributed by atoms with Crippen LogP contribution in [0.15, 0.2) is 54.6 Å². The number of ether oxygens (including phenoxy) is 1. The van der Waals surface area contributed by atoms with Crippen LogP contribution in [0.5, 0.6) is 5.75 Å². The Labute approximate surface area is 139 Å². The van der Waals surface area contributed by atoms with Gasteiger partial charge in [0.15, 0.2) is 0 Å². The molecule has 3 rings (SSSR count). The van der Waals surface area contributed by atoms with Gasteiger partial charge in [-0.2, -0.15) is 0 Å². The summed E-state index contributed by atoms with van der Waals surface area (Å²) in [5, 5.41) is 0. The second-order valence-electron chi connectivity index (χ2n) is 6.74. The summed E-state index contributed by atoms with van der Waals surface area (Å²) in [6.07, 6.45) is 1.30. The quantitative estimate of drug-likeness (QED) is 0.476. The maximum atomic E-state index is 12.3. The maximum absolute atomic E-state index is 12.3. The van der Waals surface area contributed by atoms with Crippen molar-refractivity contribution >= 4 is 14.2 Å². The van der Waals surface area contributed by atoms with E-state index in [0.717, 1.165) is 6.54 Å². The summed E-state index contributed by atoms with van der Waals surface area (Å²) in [4.78, 5) is 12.3. The predicted octanol–water partition coefficient (Wildman–Crippen LogP) is 4.32. The molecule has 1 fully saturated rings. The molecule has 0 aromatic heterocycles. The van der Waals surface area contributed by atoms with E-state index in [2.05, 4.69) is 23.7 Å². The van der Waals surface area contributed by atoms with Crippen molar-refractivity contribution in [1.29, 1.82) is 0 Å². The summed E-state index contributed by atoms with van der Waals surface area (Å²) in [5.74, 6) is 0.284. The van der Waals surface area contributed by atoms with E-state index in [1.807, 2.05) is 36.4 Å². The van der Waals surface area contributed by atoms with Crippen molar-refractivity contribution in [3.63, 3.8) is 0 Å². The van der Waals surface area contributed by atoms with Gasteiger partial charge < -0.3 is 9.30 Å². The highest BCUT2D eigenvalue weighted by molar-refractivity contribution is 6.75. The second-order valence-corrected chi connectivity index (χ2v) is 11.5. The van der Waals surface area contributed by atoms with Gasteiger partial charge in [-0.25, -0.2) is 4.79 Å². The highest BCUT2D eigenvalue weighted by Gasteiger charge is 2.33. The first kappa shape index (κ1) is 16.0. The highest BCUT2D eigenvalue weighted by atomic mass is 28.3. The Hall–Kier alpha value is -1.91. The Morgan fingerprint density at radius 1 is 1.13 bits per heavy atom. The molecule has 0 unspecified atom stereocenters. The van der Waals surface area contributed by atoms with Gasteiger partial charge in [-0.1, -0.05) is 43.4 Å². The van der Waals surface area contributed by atoms with Gasteiger partial charge in [0.25, 0.3) is 0 Å². The van der Waals surface area contributed by atoms with E-state index < -0.39 is 8.24 Å². The van der Waals surface area contributed by atoms with Crippen LogP contribution < -0.4 is 4.74 Å². The number of hydrogen-bond donors (Lipinski definition) is 0. The molecule has 0 aliphatic carbocycles. The molecule has 4 heteroatoms. The molecule has 0 bridgehead atoms. The standard InChI is InChI=1S/C19H23NO2Si/c1-23(2)13-7-12-20(23)15-16-8-6-9-17(14-16)19(21)22-18-10-4-3-5-11-18/h3-6,8-11,14H,7,12-13,15H2,1-2H3. The molecule has 0 spiro atoms. The Morgan fingerprint density at radius 2 is 1.91 bits per heavy atom. The fourth-order valence-electron chi connectivity index (χ4n) is 3.13. The zero-order valence-corrected chi connectivity index (χ0v) is 14.8. The molecule has 0 saturated carbocycles. The van der Waals surface area contributed by atoms with Crippen LogP contribution in [0.1, 0.15) is 22.3 Å². The van der Waals surface area contributed by atoms with Gasteiger partial charge in [-0.3, -0.25) is 0 Å². The third-order valence-electron chi connectivity index (χ3n) is 4.56. The normalized spacial score (nSPS) is 17.1. The zero-order chi connectivity index (χ0) is 16.3. The van der Waals surface area contributed by atoms with Crippen LogP contribution in [-0.4, -0.2) is 25.3 Å². The summed E-state index contributed by atoms with van der Waals surface area (Å²) >= 11 is 0. The fraction of sp³-hybridized carbons (Fsp3) is 0.316. The first-order valence-corrected chi connectivity index (χ1v) is 11.3. The lowest BCUT2D eigenvalue weighted by Crippen LogP contribution is -2.42. The second kappa shape index (κ2) is 6.68. The van der Waals surface area contributed by atoms with Gasteiger partial charge >= 0.3 is 5.97 Å². The summed E-state index contributed by atoms with van der Waals surface area (Å²) in [6.45, 7) is 6.96. The van der Waals surface area contributed by atoms with Crippen LogP contribution in [-0.2, 0) is 6.54 Å². The van der Waals surface area contributed by atoms with Gasteiger partial charge in [-0.15, -0.1) is 0 Å². The number of carbonyl (C=O) groups is 1. The number of hydrogen-bond acceptors (Lipinski definition) is 3. The summed E-state index contributed by atoms with van der Waals surface area (Å²) < 4.78 is 8.04. The van der Waals surface area contributed by atoms with E-state index in [9.17, 15) is 4.79 Å². The topological polar surface area (TPSA) is 29.5 Å². The van der Waals surface area contributed by atoms with Crippen LogP contribution in [0.3, 0.4) is 0 Å². The molecule has 0 N–H and O–H groups in total. The third kappa shape index (κ3) is 3.89. The van der Waals surface area contributed by atoms with Crippen molar-refractivity contribution in [3.8, 4) is 5.75 Å². The number of benzene rings is 2. The van der Waals surface area contributed by atoms with Crippen LogP contribution in [0.2, 0.25) is 19.1 Å². The van der Waals surface area contributed by atoms with Crippen molar-refractivity contribution < 1.29 is 9.53 Å². The van der Waals surface area contributed by atoms with Gasteiger partial charge in [0.1, 0.15) is 14.0 Å². The van der Waals surface area contributed by atoms with Crippen LogP contribution >= 0.6 is 0 Å². The maximum Gasteiger partial charge on any atom is 0.343 e. The minimum atomic E-state index is -1.24. The lowest BCUT2D eigenvalue weighted by Gasteiger charge is -2.29. The average molecular weight is 325 g/mol. The number of para-hydroxylation sites is 1. The first-order valence-electron chi connectivity index (χ1n) is 8.16. The molecule has 2 aromatic carbocycles. The van der Waals surface area contributed by atoms with Crippen molar-refractivity contribution in [2.75, 3.05) is 6.54 Å². The Morgan fingerprint density at radius 3 is 2.61 bits per heavy atom. The van der Waals surface area contributed by atoms with E-state index >= 15 is 0 Å². The Balaban J connectivity index is 1.71. The first-order chi connectivity index (χ1) is 11.0. The molecule has 1 heterocycles. The van der Waals surface area contributed by atoms with Crippen LogP contribution in [0.4, 0.5) is 0 Å². The zero-order valence-electron chi connectivity index (χ0n) is 13.8. The lowest BCUT2D eigenvalue weighted by atomic mass is 10.1. The molecule has 3 nitrogen and oxygen atoms in total. The Kier molecular flexibility index (Phi) is 4.64. The highest BCUT2D eigenvalue weighted by Crippen LogP contribution is 2.27. The van der Waals surface area contributed by atoms with E-state index in [4.69, 9.17) is 4.74 Å². The van der Waals surface area contributed by atoms with E-state index in [1.165, 1.54) is 24.6 Å². The molecule has 1 aliphatic rings. The van der Waals surface area contributed by atoms with Crippen LogP contribution in [0.25, 0.3) is 0 Å². The monoisotopic (exact) mass is 325 g/mol. The smallest absolute Gasteiger partial charge is 0.343 e. The largest absolute Gasteiger partial charge is 0.423 e. The summed E-state index contributed by atoms with van der Waals surface area (Å²) in [6, 6.07) is 18.4. The minimum absolute atomic E-state index is 0.295. The molecule has 120 valence electrons. The molecule has 1 saturated heterocycles. The number of carbonyl (C=O) groups excluding carboxylic acids is 1. The molecule has 0 radical (unpaired) electrons. The van der Waals surface area contributed by atoms with Gasteiger partial charge in [0.2, 0.25) is 0 Å². The molecule has 23 heavy (non-hydrogen) atoms. The summed E-state index contributed by atoms with van der Waals surface area (Å²) in [7, 11) is -1.24. The van der Waals surface area contributed by atoms with E-state index in [-0.39, 0.29) is 5.97 Å². The van der Waals surface area contributed by atoms with Crippen LogP contribution in [0, 0.1) is 0 Å².